The van der Waals surface area contributed by atoms with Crippen molar-refractivity contribution >= 4 is 7.60 Å². The molecule has 1 unspecified atom stereocenters. The molecule has 0 aliphatic rings. The molecular formula is C18H24NO3P. The van der Waals surface area contributed by atoms with Gasteiger partial charge >= 0.3 is 7.60 Å². The van der Waals surface area contributed by atoms with Gasteiger partial charge in [-0.2, -0.15) is 0 Å². The Morgan fingerprint density at radius 2 is 1.52 bits per heavy atom. The highest BCUT2D eigenvalue weighted by molar-refractivity contribution is 7.54. The summed E-state index contributed by atoms with van der Waals surface area (Å²) in [5.41, 5.74) is 1.54. The Morgan fingerprint density at radius 3 is 2.04 bits per heavy atom. The van der Waals surface area contributed by atoms with Gasteiger partial charge in [0, 0.05) is 6.54 Å². The molecule has 0 bridgehead atoms. The molecule has 0 aliphatic carbocycles. The van der Waals surface area contributed by atoms with Crippen molar-refractivity contribution in [1.29, 1.82) is 0 Å². The van der Waals surface area contributed by atoms with Gasteiger partial charge < -0.3 is 9.05 Å². The Morgan fingerprint density at radius 1 is 1.00 bits per heavy atom. The average Bonchev–Trinajstić information content (AvgIpc) is 2.61. The molecule has 0 heterocycles. The Balaban J connectivity index is 2.39. The largest absolute Gasteiger partial charge is 0.351 e. The van der Waals surface area contributed by atoms with Crippen LogP contribution in [0, 0.1) is 0 Å². The van der Waals surface area contributed by atoms with Gasteiger partial charge in [-0.15, -0.1) is 0 Å². The number of rotatable bonds is 9. The summed E-state index contributed by atoms with van der Waals surface area (Å²) in [6, 6.07) is 18.7. The second-order valence-corrected chi connectivity index (χ2v) is 6.85. The van der Waals surface area contributed by atoms with Crippen LogP contribution in [0.2, 0.25) is 0 Å². The molecule has 1 atom stereocenters. The van der Waals surface area contributed by atoms with E-state index in [1.165, 1.54) is 0 Å². The van der Waals surface area contributed by atoms with E-state index in [1.807, 2.05) is 48.5 Å². The van der Waals surface area contributed by atoms with Gasteiger partial charge in [0.15, 0.2) is 0 Å². The molecule has 4 nitrogen and oxygen atoms in total. The van der Waals surface area contributed by atoms with Crippen LogP contribution < -0.4 is 5.32 Å². The van der Waals surface area contributed by atoms with Gasteiger partial charge in [-0.05, 0) is 25.0 Å². The molecule has 0 spiro atoms. The van der Waals surface area contributed by atoms with Crippen LogP contribution in [0.5, 0.6) is 0 Å². The molecule has 0 fully saturated rings. The van der Waals surface area contributed by atoms with Crippen molar-refractivity contribution in [3.63, 3.8) is 0 Å². The van der Waals surface area contributed by atoms with Gasteiger partial charge in [0.05, 0.1) is 14.6 Å². The molecule has 0 aliphatic heterocycles. The topological polar surface area (TPSA) is 47.6 Å². The molecule has 0 aromatic heterocycles. The van der Waals surface area contributed by atoms with Crippen LogP contribution in [0.1, 0.15) is 32.1 Å². The number of hydrogen-bond acceptors (Lipinski definition) is 4. The summed E-state index contributed by atoms with van der Waals surface area (Å²) in [6.45, 7) is 4.28. The number of benzene rings is 2. The molecule has 0 amide bonds. The molecule has 23 heavy (non-hydrogen) atoms. The zero-order valence-electron chi connectivity index (χ0n) is 14.6. The summed E-state index contributed by atoms with van der Waals surface area (Å²) >= 11 is 0. The van der Waals surface area contributed by atoms with E-state index in [4.69, 9.17) is 10.4 Å². The SMILES string of the molecule is [2H]C(NCc1ccccc1)(c1ccccc1)P(=O)(OCC)OCC. The first-order valence-corrected chi connectivity index (χ1v) is 9.33. The minimum atomic E-state index is -3.74. The van der Waals surface area contributed by atoms with E-state index >= 15 is 0 Å². The van der Waals surface area contributed by atoms with E-state index in [1.54, 1.807) is 26.0 Å². The molecule has 0 radical (unpaired) electrons. The summed E-state index contributed by atoms with van der Waals surface area (Å²) in [4.78, 5) is 0. The maximum atomic E-state index is 13.4. The lowest BCUT2D eigenvalue weighted by atomic mass is 10.2. The van der Waals surface area contributed by atoms with Crippen molar-refractivity contribution < 1.29 is 15.0 Å². The maximum absolute atomic E-state index is 13.4. The molecule has 2 rings (SSSR count). The van der Waals surface area contributed by atoms with Gasteiger partial charge in [-0.25, -0.2) is 0 Å². The molecule has 5 heteroatoms. The molecule has 124 valence electrons. The van der Waals surface area contributed by atoms with Gasteiger partial charge in [0.1, 0.15) is 5.76 Å². The molecular weight excluding hydrogens is 309 g/mol. The van der Waals surface area contributed by atoms with Crippen LogP contribution in [0.3, 0.4) is 0 Å². The van der Waals surface area contributed by atoms with Crippen LogP contribution in [0.25, 0.3) is 0 Å². The van der Waals surface area contributed by atoms with Gasteiger partial charge in [-0.3, -0.25) is 9.88 Å². The highest BCUT2D eigenvalue weighted by Crippen LogP contribution is 2.59. The Kier molecular flexibility index (Phi) is 6.42. The Hall–Kier alpha value is -1.45. The lowest BCUT2D eigenvalue weighted by Crippen LogP contribution is -2.23. The van der Waals surface area contributed by atoms with Crippen LogP contribution >= 0.6 is 7.60 Å². The highest BCUT2D eigenvalue weighted by atomic mass is 31.2. The summed E-state index contributed by atoms with van der Waals surface area (Å²) in [6.07, 6.45) is 0. The quantitative estimate of drug-likeness (QED) is 0.673. The predicted molar refractivity (Wildman–Crippen MR) is 93.3 cm³/mol. The second kappa shape index (κ2) is 8.99. The van der Waals surface area contributed by atoms with Crippen LogP contribution in [0.15, 0.2) is 60.7 Å². The third kappa shape index (κ3) is 5.02. The van der Waals surface area contributed by atoms with Gasteiger partial charge in [-0.1, -0.05) is 60.7 Å². The molecule has 2 aromatic carbocycles. The molecule has 1 N–H and O–H groups in total. The maximum Gasteiger partial charge on any atom is 0.351 e. The van der Waals surface area contributed by atoms with Crippen molar-refractivity contribution in [2.45, 2.75) is 26.2 Å². The number of nitrogens with one attached hydrogen (secondary N) is 1. The summed E-state index contributed by atoms with van der Waals surface area (Å²) < 4.78 is 33.2. The van der Waals surface area contributed by atoms with E-state index in [2.05, 4.69) is 5.32 Å². The second-order valence-electron chi connectivity index (χ2n) is 4.89. The summed E-state index contributed by atoms with van der Waals surface area (Å²) in [5, 5.41) is 3.09. The van der Waals surface area contributed by atoms with Crippen molar-refractivity contribution in [2.24, 2.45) is 0 Å². The Labute approximate surface area is 139 Å². The first-order chi connectivity index (χ1) is 11.6. The van der Waals surface area contributed by atoms with Crippen molar-refractivity contribution in [3.8, 4) is 0 Å². The lowest BCUT2D eigenvalue weighted by Gasteiger charge is -2.27. The third-order valence-electron chi connectivity index (χ3n) is 3.22. The fraction of sp³-hybridized carbons (Fsp3) is 0.333. The van der Waals surface area contributed by atoms with Gasteiger partial charge in [0.25, 0.3) is 0 Å². The zero-order chi connectivity index (χ0) is 17.5. The van der Waals surface area contributed by atoms with Crippen LogP contribution in [-0.2, 0) is 20.2 Å². The van der Waals surface area contributed by atoms with Crippen LogP contribution in [-0.4, -0.2) is 13.2 Å². The van der Waals surface area contributed by atoms with E-state index in [9.17, 15) is 4.57 Å². The van der Waals surface area contributed by atoms with Crippen molar-refractivity contribution in [1.82, 2.24) is 5.32 Å². The first-order valence-electron chi connectivity index (χ1n) is 8.29. The van der Waals surface area contributed by atoms with Crippen molar-refractivity contribution in [3.05, 3.63) is 71.8 Å². The van der Waals surface area contributed by atoms with E-state index in [0.717, 1.165) is 5.56 Å². The monoisotopic (exact) mass is 334 g/mol. The standard InChI is InChI=1S/C18H24NO3P/c1-3-21-23(20,22-4-2)18(17-13-9-6-10-14-17)19-15-16-11-7-5-8-12-16/h5-14,18-19H,3-4,15H2,1-2H3/i18D. The minimum absolute atomic E-state index is 0.206. The lowest BCUT2D eigenvalue weighted by molar-refractivity contribution is 0.207. The fourth-order valence-corrected chi connectivity index (χ4v) is 3.99. The normalized spacial score (nSPS) is 15.0. The zero-order valence-corrected chi connectivity index (χ0v) is 14.5. The Bertz CT molecular complexity index is 658. The first kappa shape index (κ1) is 16.4. The van der Waals surface area contributed by atoms with E-state index < -0.39 is 13.4 Å². The fourth-order valence-electron chi connectivity index (χ4n) is 2.24. The average molecular weight is 334 g/mol. The summed E-state index contributed by atoms with van der Waals surface area (Å²) in [5.74, 6) is -1.68. The van der Waals surface area contributed by atoms with E-state index in [0.29, 0.717) is 12.1 Å². The van der Waals surface area contributed by atoms with Crippen LogP contribution in [0.4, 0.5) is 0 Å². The number of hydrogen-bond donors (Lipinski definition) is 1. The molecule has 0 saturated carbocycles. The van der Waals surface area contributed by atoms with E-state index in [-0.39, 0.29) is 13.2 Å². The molecule has 0 saturated heterocycles. The van der Waals surface area contributed by atoms with Crippen molar-refractivity contribution in [2.75, 3.05) is 13.2 Å². The smallest absolute Gasteiger partial charge is 0.308 e. The summed E-state index contributed by atoms with van der Waals surface area (Å²) in [7, 11) is -3.74. The molecule has 2 aromatic rings. The third-order valence-corrected chi connectivity index (χ3v) is 5.38. The van der Waals surface area contributed by atoms with Gasteiger partial charge in [0.2, 0.25) is 0 Å². The predicted octanol–water partition coefficient (Wildman–Crippen LogP) is 4.74. The minimum Gasteiger partial charge on any atom is -0.308 e. The highest BCUT2D eigenvalue weighted by Gasteiger charge is 2.36.